The van der Waals surface area contributed by atoms with Crippen LogP contribution < -0.4 is 14.8 Å². The predicted molar refractivity (Wildman–Crippen MR) is 108 cm³/mol. The van der Waals surface area contributed by atoms with Crippen LogP contribution in [0.2, 0.25) is 5.02 Å². The average Bonchev–Trinajstić information content (AvgIpc) is 2.54. The summed E-state index contributed by atoms with van der Waals surface area (Å²) in [4.78, 5) is 0. The second kappa shape index (κ2) is 9.07. The maximum absolute atomic E-state index is 14.0. The Morgan fingerprint density at radius 1 is 1.19 bits per heavy atom. The van der Waals surface area contributed by atoms with Gasteiger partial charge >= 0.3 is 0 Å². The quantitative estimate of drug-likeness (QED) is 0.559. The van der Waals surface area contributed by atoms with Crippen molar-refractivity contribution in [3.05, 3.63) is 56.8 Å². The molecule has 0 spiro atoms. The van der Waals surface area contributed by atoms with Gasteiger partial charge in [0.15, 0.2) is 11.5 Å². The van der Waals surface area contributed by atoms with E-state index < -0.39 is 5.82 Å². The highest BCUT2D eigenvalue weighted by molar-refractivity contribution is 9.10. The fraction of sp³-hybridized carbons (Fsp3) is 0.400. The van der Waals surface area contributed by atoms with E-state index in [9.17, 15) is 4.39 Å². The van der Waals surface area contributed by atoms with Crippen molar-refractivity contribution < 1.29 is 13.9 Å². The minimum Gasteiger partial charge on any atom is -0.490 e. The maximum Gasteiger partial charge on any atom is 0.175 e. The van der Waals surface area contributed by atoms with Gasteiger partial charge in [-0.1, -0.05) is 17.7 Å². The molecule has 2 aromatic rings. The van der Waals surface area contributed by atoms with Crippen LogP contribution in [0.15, 0.2) is 34.8 Å². The van der Waals surface area contributed by atoms with E-state index in [0.29, 0.717) is 35.2 Å². The molecule has 2 rings (SSSR count). The molecule has 3 nitrogen and oxygen atoms in total. The van der Waals surface area contributed by atoms with E-state index in [1.807, 2.05) is 19.1 Å². The van der Waals surface area contributed by atoms with Crippen LogP contribution in [-0.4, -0.2) is 12.1 Å². The van der Waals surface area contributed by atoms with E-state index in [4.69, 9.17) is 21.1 Å². The van der Waals surface area contributed by atoms with E-state index in [2.05, 4.69) is 42.0 Å². The van der Waals surface area contributed by atoms with Gasteiger partial charge in [0.1, 0.15) is 12.4 Å². The first-order valence-corrected chi connectivity index (χ1v) is 9.64. The van der Waals surface area contributed by atoms with E-state index >= 15 is 0 Å². The second-order valence-electron chi connectivity index (χ2n) is 6.93. The minimum absolute atomic E-state index is 0.00894. The summed E-state index contributed by atoms with van der Waals surface area (Å²) in [6, 6.07) is 8.48. The Morgan fingerprint density at radius 2 is 1.92 bits per heavy atom. The van der Waals surface area contributed by atoms with Gasteiger partial charge in [0, 0.05) is 17.6 Å². The minimum atomic E-state index is -0.391. The smallest absolute Gasteiger partial charge is 0.175 e. The third-order valence-electron chi connectivity index (χ3n) is 3.61. The molecule has 26 heavy (non-hydrogen) atoms. The van der Waals surface area contributed by atoms with Gasteiger partial charge in [-0.25, -0.2) is 4.39 Å². The van der Waals surface area contributed by atoms with Crippen LogP contribution in [0.3, 0.4) is 0 Å². The molecule has 0 heterocycles. The van der Waals surface area contributed by atoms with Gasteiger partial charge < -0.3 is 14.8 Å². The number of nitrogens with one attached hydrogen (secondary N) is 1. The van der Waals surface area contributed by atoms with Crippen molar-refractivity contribution in [2.75, 3.05) is 6.61 Å². The van der Waals surface area contributed by atoms with Gasteiger partial charge in [0.05, 0.1) is 16.1 Å². The molecular weight excluding hydrogens is 421 g/mol. The summed E-state index contributed by atoms with van der Waals surface area (Å²) in [6.45, 7) is 9.46. The SMILES string of the molecule is CCOc1cc(CNC(C)(C)C)cc(Br)c1OCc1c(F)cccc1Cl. The zero-order valence-corrected chi connectivity index (χ0v) is 17.8. The van der Waals surface area contributed by atoms with Crippen molar-refractivity contribution in [3.8, 4) is 11.5 Å². The molecule has 0 saturated heterocycles. The normalized spacial score (nSPS) is 11.5. The molecule has 0 radical (unpaired) electrons. The molecule has 6 heteroatoms. The maximum atomic E-state index is 14.0. The van der Waals surface area contributed by atoms with E-state index in [-0.39, 0.29) is 12.1 Å². The molecule has 0 bridgehead atoms. The van der Waals surface area contributed by atoms with Crippen LogP contribution >= 0.6 is 27.5 Å². The van der Waals surface area contributed by atoms with Crippen molar-refractivity contribution in [3.63, 3.8) is 0 Å². The Bertz CT molecular complexity index is 742. The molecule has 0 aromatic heterocycles. The molecule has 0 saturated carbocycles. The lowest BCUT2D eigenvalue weighted by Gasteiger charge is -2.21. The highest BCUT2D eigenvalue weighted by Crippen LogP contribution is 2.38. The topological polar surface area (TPSA) is 30.5 Å². The zero-order valence-electron chi connectivity index (χ0n) is 15.5. The van der Waals surface area contributed by atoms with Crippen molar-refractivity contribution in [1.29, 1.82) is 0 Å². The Hall–Kier alpha value is -1.30. The fourth-order valence-electron chi connectivity index (χ4n) is 2.31. The lowest BCUT2D eigenvalue weighted by molar-refractivity contribution is 0.264. The van der Waals surface area contributed by atoms with Crippen LogP contribution in [0.5, 0.6) is 11.5 Å². The third kappa shape index (κ3) is 5.86. The van der Waals surface area contributed by atoms with Gasteiger partial charge in [0.2, 0.25) is 0 Å². The highest BCUT2D eigenvalue weighted by atomic mass is 79.9. The Balaban J connectivity index is 2.24. The molecule has 0 aliphatic rings. The van der Waals surface area contributed by atoms with Gasteiger partial charge in [0.25, 0.3) is 0 Å². The van der Waals surface area contributed by atoms with Gasteiger partial charge in [-0.2, -0.15) is 0 Å². The van der Waals surface area contributed by atoms with E-state index in [1.54, 1.807) is 12.1 Å². The first kappa shape index (κ1) is 21.0. The zero-order chi connectivity index (χ0) is 19.3. The average molecular weight is 445 g/mol. The van der Waals surface area contributed by atoms with Crippen LogP contribution in [0.25, 0.3) is 0 Å². The number of rotatable bonds is 7. The molecule has 0 fully saturated rings. The fourth-order valence-corrected chi connectivity index (χ4v) is 3.13. The Morgan fingerprint density at radius 3 is 2.54 bits per heavy atom. The molecule has 1 N–H and O–H groups in total. The summed E-state index contributed by atoms with van der Waals surface area (Å²) in [5, 5.41) is 3.78. The summed E-state index contributed by atoms with van der Waals surface area (Å²) in [7, 11) is 0. The number of ether oxygens (including phenoxy) is 2. The summed E-state index contributed by atoms with van der Waals surface area (Å²) >= 11 is 9.61. The molecule has 142 valence electrons. The number of benzene rings is 2. The van der Waals surface area contributed by atoms with Crippen LogP contribution in [0, 0.1) is 5.82 Å². The lowest BCUT2D eigenvalue weighted by atomic mass is 10.1. The molecule has 0 atom stereocenters. The van der Waals surface area contributed by atoms with Crippen molar-refractivity contribution >= 4 is 27.5 Å². The number of hydrogen-bond donors (Lipinski definition) is 1. The summed E-state index contributed by atoms with van der Waals surface area (Å²) in [6.07, 6.45) is 0. The molecule has 0 aliphatic carbocycles. The largest absolute Gasteiger partial charge is 0.490 e. The van der Waals surface area contributed by atoms with Crippen LogP contribution in [-0.2, 0) is 13.2 Å². The van der Waals surface area contributed by atoms with Gasteiger partial charge in [-0.05, 0) is 73.5 Å². The van der Waals surface area contributed by atoms with E-state index in [0.717, 1.165) is 10.0 Å². The van der Waals surface area contributed by atoms with Crippen LogP contribution in [0.4, 0.5) is 4.39 Å². The molecule has 0 amide bonds. The monoisotopic (exact) mass is 443 g/mol. The van der Waals surface area contributed by atoms with Crippen LogP contribution in [0.1, 0.15) is 38.8 Å². The summed E-state index contributed by atoms with van der Waals surface area (Å²) in [5.74, 6) is 0.753. The van der Waals surface area contributed by atoms with Crippen molar-refractivity contribution in [1.82, 2.24) is 5.32 Å². The highest BCUT2D eigenvalue weighted by Gasteiger charge is 2.16. The first-order chi connectivity index (χ1) is 12.2. The molecular formula is C20H24BrClFNO2. The standard InChI is InChI=1S/C20H24BrClFNO2/c1-5-25-18-10-13(11-24-20(2,3)4)9-15(21)19(18)26-12-14-16(22)7-6-8-17(14)23/h6-10,24H,5,11-12H2,1-4H3. The van der Waals surface area contributed by atoms with Crippen molar-refractivity contribution in [2.45, 2.75) is 46.4 Å². The Kier molecular flexibility index (Phi) is 7.33. The summed E-state index contributed by atoms with van der Waals surface area (Å²) in [5.41, 5.74) is 1.39. The predicted octanol–water partition coefficient (Wildman–Crippen LogP) is 6.11. The summed E-state index contributed by atoms with van der Waals surface area (Å²) < 4.78 is 26.3. The molecule has 0 unspecified atom stereocenters. The first-order valence-electron chi connectivity index (χ1n) is 8.47. The second-order valence-corrected chi connectivity index (χ2v) is 8.19. The third-order valence-corrected chi connectivity index (χ3v) is 4.56. The van der Waals surface area contributed by atoms with E-state index in [1.165, 1.54) is 6.07 Å². The van der Waals surface area contributed by atoms with Gasteiger partial charge in [-0.3, -0.25) is 0 Å². The number of hydrogen-bond acceptors (Lipinski definition) is 3. The Labute approximate surface area is 168 Å². The number of halogens is 3. The molecule has 0 aliphatic heterocycles. The molecule has 2 aromatic carbocycles. The van der Waals surface area contributed by atoms with Gasteiger partial charge in [-0.15, -0.1) is 0 Å². The van der Waals surface area contributed by atoms with Crippen molar-refractivity contribution in [2.24, 2.45) is 0 Å². The lowest BCUT2D eigenvalue weighted by Crippen LogP contribution is -2.35.